The number of nitrogen functional groups attached to an aromatic ring is 2. The number of ether oxygens (including phenoxy) is 3. The number of hydrogen-bond acceptors (Lipinski definition) is 26. The number of rotatable bonds is 17. The zero-order valence-corrected chi connectivity index (χ0v) is 37.6. The van der Waals surface area contributed by atoms with Gasteiger partial charge in [0.2, 0.25) is 0 Å². The maximum atomic E-state index is 13.8. The van der Waals surface area contributed by atoms with Crippen molar-refractivity contribution < 1.29 is 76.8 Å². The smallest absolute Gasteiger partial charge is 0.394 e. The summed E-state index contributed by atoms with van der Waals surface area (Å²) in [5.74, 6) is 0.332. The molecule has 3 aliphatic rings. The first kappa shape index (κ1) is 47.8. The summed E-state index contributed by atoms with van der Waals surface area (Å²) < 4.78 is 70.5. The van der Waals surface area contributed by atoms with E-state index in [1.54, 1.807) is 0 Å². The molecule has 7 aromatic rings. The van der Waals surface area contributed by atoms with Gasteiger partial charge in [0.15, 0.2) is 58.6 Å². The van der Waals surface area contributed by atoms with Gasteiger partial charge in [0.25, 0.3) is 0 Å². The number of aromatic nitrogens is 12. The minimum absolute atomic E-state index is 0.00344. The number of nitrogens with one attached hydrogen (secondary N) is 1. The van der Waals surface area contributed by atoms with Gasteiger partial charge in [-0.3, -0.25) is 31.8 Å². The molecule has 70 heavy (non-hydrogen) atoms. The lowest BCUT2D eigenvalue weighted by molar-refractivity contribution is -0.0645. The standard InChI is InChI=1S/C37H43N15O16P2/c38-29-20-32(44-10-41-29)50(13-47-20)35-26(57)23(54)18(65-35)8-62-69(58,59)68-28-25(56)19(66-37(28)52-15-49-22-31(43-12-46-34(22)52)40-6-16-4-2-1-3-5-16)9-63-70(60,61)67-27-24(55)17(7-53)64-36(27)51-14-48-21-30(39)42-11-45-33(21)51/h1-5,10-15,17-19,23-28,35-37,53-57H,6-9H2,(H,58,59)(H,60,61)(H2,38,41,44)(H2,39,42,45)(H,40,43,46)/t17-,18-,19-,23-,24-,25-,26-,27-,28-,35-,36-,37-/m1/s1. The van der Waals surface area contributed by atoms with Gasteiger partial charge in [-0.2, -0.15) is 0 Å². The highest BCUT2D eigenvalue weighted by atomic mass is 31.2. The van der Waals surface area contributed by atoms with Crippen molar-refractivity contribution in [2.75, 3.05) is 36.6 Å². The Morgan fingerprint density at radius 3 is 1.60 bits per heavy atom. The van der Waals surface area contributed by atoms with E-state index in [4.69, 9.17) is 43.8 Å². The fourth-order valence-corrected chi connectivity index (χ4v) is 10.1. The Bertz CT molecular complexity index is 3100. The monoisotopic (exact) mass is 1020 g/mol. The van der Waals surface area contributed by atoms with Crippen molar-refractivity contribution in [3.8, 4) is 0 Å². The van der Waals surface area contributed by atoms with Crippen LogP contribution in [0.1, 0.15) is 24.2 Å². The Labute approximate surface area is 391 Å². The van der Waals surface area contributed by atoms with Crippen LogP contribution in [0.4, 0.5) is 17.5 Å². The van der Waals surface area contributed by atoms with E-state index in [0.29, 0.717) is 6.54 Å². The Hall–Kier alpha value is -5.83. The molecule has 2 unspecified atom stereocenters. The molecule has 9 heterocycles. The van der Waals surface area contributed by atoms with Gasteiger partial charge in [-0.1, -0.05) is 30.3 Å². The molecule has 10 rings (SSSR count). The second-order valence-corrected chi connectivity index (χ2v) is 18.9. The van der Waals surface area contributed by atoms with Gasteiger partial charge in [0.05, 0.1) is 38.8 Å². The molecule has 0 bridgehead atoms. The average molecular weight is 1020 g/mol. The van der Waals surface area contributed by atoms with Crippen molar-refractivity contribution in [3.05, 3.63) is 73.9 Å². The highest BCUT2D eigenvalue weighted by Crippen LogP contribution is 2.53. The third-order valence-electron chi connectivity index (χ3n) is 11.7. The number of fused-ring (bicyclic) bond motifs is 3. The Kier molecular flexibility index (Phi) is 13.0. The van der Waals surface area contributed by atoms with Crippen LogP contribution >= 0.6 is 15.6 Å². The number of benzene rings is 1. The van der Waals surface area contributed by atoms with Gasteiger partial charge < -0.3 is 66.3 Å². The molecule has 0 saturated carbocycles. The SMILES string of the molecule is Nc1ncnc2c1ncn2[C@@H]1O[C@H](COP(=O)(O)O[C@@H]2[C@H](O)[C@@H](COP(=O)(O)O[C@@H]3[C@H](O)[C@@H](CO)O[C@H]3n3cnc4c(N)ncnc43)O[C@H]2n2cnc3c(NCc4ccccc4)ncnc32)[C@@H](O)[C@H]1O. The van der Waals surface area contributed by atoms with Gasteiger partial charge in [-0.05, 0) is 5.56 Å². The quantitative estimate of drug-likeness (QED) is 0.0460. The first-order chi connectivity index (χ1) is 33.6. The van der Waals surface area contributed by atoms with Crippen molar-refractivity contribution >= 4 is 66.6 Å². The van der Waals surface area contributed by atoms with Gasteiger partial charge in [-0.25, -0.2) is 54.0 Å². The summed E-state index contributed by atoms with van der Waals surface area (Å²) in [7, 11) is -10.6. The van der Waals surface area contributed by atoms with Gasteiger partial charge in [0.1, 0.15) is 85.0 Å². The van der Waals surface area contributed by atoms with Crippen LogP contribution in [-0.4, -0.2) is 169 Å². The molecule has 0 radical (unpaired) electrons. The van der Waals surface area contributed by atoms with Gasteiger partial charge in [0, 0.05) is 6.54 Å². The number of aliphatic hydroxyl groups excluding tert-OH is 5. The van der Waals surface area contributed by atoms with Crippen LogP contribution in [0.3, 0.4) is 0 Å². The molecule has 12 N–H and O–H groups in total. The first-order valence-corrected chi connectivity index (χ1v) is 24.0. The maximum Gasteiger partial charge on any atom is 0.472 e. The van der Waals surface area contributed by atoms with Gasteiger partial charge in [-0.15, -0.1) is 0 Å². The zero-order chi connectivity index (χ0) is 49.1. The lowest BCUT2D eigenvalue weighted by Crippen LogP contribution is -2.37. The number of aliphatic hydroxyl groups is 5. The molecule has 0 amide bonds. The molecule has 33 heteroatoms. The predicted molar refractivity (Wildman–Crippen MR) is 233 cm³/mol. The Balaban J connectivity index is 0.878. The van der Waals surface area contributed by atoms with E-state index in [0.717, 1.165) is 18.2 Å². The second kappa shape index (κ2) is 19.1. The summed E-state index contributed by atoms with van der Waals surface area (Å²) in [4.78, 5) is 59.5. The Morgan fingerprint density at radius 1 is 0.586 bits per heavy atom. The van der Waals surface area contributed by atoms with Crippen LogP contribution in [0.2, 0.25) is 0 Å². The summed E-state index contributed by atoms with van der Waals surface area (Å²) in [5.41, 5.74) is 13.6. The molecule has 3 fully saturated rings. The predicted octanol–water partition coefficient (Wildman–Crippen LogP) is -1.58. The molecule has 31 nitrogen and oxygen atoms in total. The third-order valence-corrected chi connectivity index (χ3v) is 13.7. The van der Waals surface area contributed by atoms with Crippen molar-refractivity contribution in [1.82, 2.24) is 58.6 Å². The minimum Gasteiger partial charge on any atom is -0.394 e. The Morgan fingerprint density at radius 2 is 1.04 bits per heavy atom. The number of nitrogens with two attached hydrogens (primary N) is 2. The third kappa shape index (κ3) is 9.07. The van der Waals surface area contributed by atoms with Crippen LogP contribution in [0, 0.1) is 0 Å². The molecule has 3 aliphatic heterocycles. The van der Waals surface area contributed by atoms with E-state index >= 15 is 0 Å². The van der Waals surface area contributed by atoms with E-state index in [1.165, 1.54) is 39.0 Å². The topological polar surface area (TPSA) is 435 Å². The summed E-state index contributed by atoms with van der Waals surface area (Å²) >= 11 is 0. The fraction of sp³-hybridized carbons (Fsp3) is 0.432. The van der Waals surface area contributed by atoms with E-state index in [1.807, 2.05) is 30.3 Å². The van der Waals surface area contributed by atoms with Crippen molar-refractivity contribution in [3.63, 3.8) is 0 Å². The number of nitrogens with zero attached hydrogens (tertiary/aromatic N) is 12. The van der Waals surface area contributed by atoms with Crippen molar-refractivity contribution in [1.29, 1.82) is 0 Å². The normalized spacial score (nSPS) is 29.8. The molecule has 0 aliphatic carbocycles. The molecule has 372 valence electrons. The van der Waals surface area contributed by atoms with Crippen LogP contribution in [0.25, 0.3) is 33.5 Å². The van der Waals surface area contributed by atoms with E-state index < -0.39 is 109 Å². The molecule has 6 aromatic heterocycles. The fourth-order valence-electron chi connectivity index (χ4n) is 8.26. The highest BCUT2D eigenvalue weighted by Gasteiger charge is 2.53. The molecule has 1 aromatic carbocycles. The zero-order valence-electron chi connectivity index (χ0n) is 35.8. The maximum absolute atomic E-state index is 13.8. The molecular weight excluding hydrogens is 972 g/mol. The number of phosphoric ester groups is 2. The van der Waals surface area contributed by atoms with Crippen LogP contribution < -0.4 is 16.8 Å². The largest absolute Gasteiger partial charge is 0.472 e. The minimum atomic E-state index is -5.33. The molecular formula is C37H43N15O16P2. The lowest BCUT2D eigenvalue weighted by atomic mass is 10.1. The summed E-state index contributed by atoms with van der Waals surface area (Å²) in [6.45, 7) is -2.20. The van der Waals surface area contributed by atoms with Crippen molar-refractivity contribution in [2.45, 2.75) is 80.2 Å². The number of phosphoric acid groups is 2. The first-order valence-electron chi connectivity index (χ1n) is 21.0. The van der Waals surface area contributed by atoms with Gasteiger partial charge >= 0.3 is 15.6 Å². The number of hydrogen-bond donors (Lipinski definition) is 10. The molecule has 0 spiro atoms. The van der Waals surface area contributed by atoms with E-state index in [9.17, 15) is 44.4 Å². The van der Waals surface area contributed by atoms with Crippen LogP contribution in [0.15, 0.2) is 68.3 Å². The highest BCUT2D eigenvalue weighted by molar-refractivity contribution is 7.47. The second-order valence-electron chi connectivity index (χ2n) is 16.1. The average Bonchev–Trinajstić information content (AvgIpc) is 4.21. The van der Waals surface area contributed by atoms with E-state index in [2.05, 4.69) is 50.2 Å². The number of anilines is 3. The number of imidazole rings is 3. The lowest BCUT2D eigenvalue weighted by Gasteiger charge is -2.25. The van der Waals surface area contributed by atoms with Crippen LogP contribution in [0.5, 0.6) is 0 Å². The summed E-state index contributed by atoms with van der Waals surface area (Å²) in [5, 5.41) is 57.7. The van der Waals surface area contributed by atoms with Crippen molar-refractivity contribution in [2.24, 2.45) is 0 Å². The summed E-state index contributed by atoms with van der Waals surface area (Å²) in [6, 6.07) is 9.37. The summed E-state index contributed by atoms with van der Waals surface area (Å²) in [6.07, 6.45) is -12.0. The molecule has 3 saturated heterocycles. The molecule has 14 atom stereocenters. The van der Waals surface area contributed by atoms with E-state index in [-0.39, 0.29) is 50.9 Å². The van der Waals surface area contributed by atoms with Crippen LogP contribution in [-0.2, 0) is 48.0 Å².